The van der Waals surface area contributed by atoms with Crippen LogP contribution in [-0.4, -0.2) is 30.2 Å². The number of nitrogens with zero attached hydrogens (tertiary/aromatic N) is 1. The molecule has 1 fully saturated rings. The third kappa shape index (κ3) is 5.20. The lowest BCUT2D eigenvalue weighted by atomic mass is 10.1. The Morgan fingerprint density at radius 2 is 1.62 bits per heavy atom. The van der Waals surface area contributed by atoms with Crippen LogP contribution in [0.3, 0.4) is 0 Å². The molecule has 1 aliphatic rings. The Morgan fingerprint density at radius 3 is 2.27 bits per heavy atom. The summed E-state index contributed by atoms with van der Waals surface area (Å²) in [5.41, 5.74) is 0.325. The second-order valence-corrected chi connectivity index (χ2v) is 11.0. The first kappa shape index (κ1) is 27.7. The van der Waals surface area contributed by atoms with Gasteiger partial charge in [0.1, 0.15) is 15.8 Å². The maximum Gasteiger partial charge on any atom is 0.259 e. The number of alkyl halides is 2. The van der Waals surface area contributed by atoms with Gasteiger partial charge in [-0.2, -0.15) is 0 Å². The summed E-state index contributed by atoms with van der Waals surface area (Å²) in [6.07, 6.45) is 0. The number of benzene rings is 3. The van der Waals surface area contributed by atoms with Gasteiger partial charge >= 0.3 is 0 Å². The van der Waals surface area contributed by atoms with E-state index < -0.39 is 39.6 Å². The lowest BCUT2D eigenvalue weighted by Gasteiger charge is -2.20. The standard InChI is InChI=1S/C25H18Cl5F2N3O2/c1-33-22-17(31)7-8-18(21(22)32)35(2)24(37)13-10-12(4-6-14(13)26)34-23(36)20-19(25(20,29)30)11-3-5-15(27)16(28)9-11/h3-10,19-20,33H,1-2H3,(H,34,36)/t19-,20+/m0/s1. The van der Waals surface area contributed by atoms with E-state index >= 15 is 0 Å². The first-order valence-electron chi connectivity index (χ1n) is 10.8. The predicted octanol–water partition coefficient (Wildman–Crippen LogP) is 7.77. The monoisotopic (exact) mass is 605 g/mol. The van der Waals surface area contributed by atoms with Gasteiger partial charge in [-0.1, -0.05) is 40.9 Å². The SMILES string of the molecule is CNc1c(F)ccc(N(C)C(=O)c2cc(NC(=O)[C@H]3[C@H](c4ccc(Cl)c(Cl)c4)C3(Cl)Cl)ccc2Cl)c1F. The number of hydrogen-bond donors (Lipinski definition) is 2. The van der Waals surface area contributed by atoms with Crippen molar-refractivity contribution in [3.05, 3.63) is 86.4 Å². The summed E-state index contributed by atoms with van der Waals surface area (Å²) in [6.45, 7) is 0. The van der Waals surface area contributed by atoms with Crippen molar-refractivity contribution >= 4 is 86.9 Å². The Labute approximate surface area is 236 Å². The summed E-state index contributed by atoms with van der Waals surface area (Å²) in [5.74, 6) is -4.26. The number of halogens is 7. The maximum atomic E-state index is 14.8. The molecule has 3 aromatic rings. The molecule has 0 aliphatic heterocycles. The average molecular weight is 608 g/mol. The molecule has 194 valence electrons. The summed E-state index contributed by atoms with van der Waals surface area (Å²) in [7, 11) is 2.68. The van der Waals surface area contributed by atoms with Gasteiger partial charge in [-0.3, -0.25) is 9.59 Å². The second kappa shape index (κ2) is 10.5. The summed E-state index contributed by atoms with van der Waals surface area (Å²) >= 11 is 31.1. The minimum Gasteiger partial charge on any atom is -0.383 e. The number of carbonyl (C=O) groups excluding carboxylic acids is 2. The quantitative estimate of drug-likeness (QED) is 0.282. The van der Waals surface area contributed by atoms with E-state index in [1.54, 1.807) is 18.2 Å². The van der Waals surface area contributed by atoms with Crippen LogP contribution in [-0.2, 0) is 4.79 Å². The number of hydrogen-bond acceptors (Lipinski definition) is 3. The number of anilines is 3. The van der Waals surface area contributed by atoms with Crippen molar-refractivity contribution in [3.63, 3.8) is 0 Å². The fourth-order valence-corrected chi connectivity index (χ4v) is 5.41. The number of rotatable bonds is 6. The topological polar surface area (TPSA) is 61.4 Å². The zero-order valence-electron chi connectivity index (χ0n) is 19.2. The molecule has 0 unspecified atom stereocenters. The first-order valence-corrected chi connectivity index (χ1v) is 12.6. The normalized spacial score (nSPS) is 17.8. The molecule has 3 aromatic carbocycles. The minimum atomic E-state index is -1.38. The lowest BCUT2D eigenvalue weighted by Crippen LogP contribution is -2.28. The zero-order chi connectivity index (χ0) is 27.2. The molecule has 2 atom stereocenters. The van der Waals surface area contributed by atoms with Gasteiger partial charge in [0.05, 0.1) is 32.2 Å². The van der Waals surface area contributed by atoms with E-state index in [-0.39, 0.29) is 27.6 Å². The molecule has 0 bridgehead atoms. The Kier molecular flexibility index (Phi) is 7.84. The van der Waals surface area contributed by atoms with Crippen molar-refractivity contribution in [3.8, 4) is 0 Å². The van der Waals surface area contributed by atoms with Gasteiger partial charge in [0.2, 0.25) is 5.91 Å². The summed E-state index contributed by atoms with van der Waals surface area (Å²) in [4.78, 5) is 27.2. The van der Waals surface area contributed by atoms with Crippen LogP contribution in [0, 0.1) is 17.6 Å². The Morgan fingerprint density at radius 1 is 0.946 bits per heavy atom. The first-order chi connectivity index (χ1) is 17.4. The van der Waals surface area contributed by atoms with E-state index in [1.807, 2.05) is 0 Å². The Hall–Kier alpha value is -2.29. The van der Waals surface area contributed by atoms with Gasteiger partial charge in [-0.05, 0) is 48.0 Å². The lowest BCUT2D eigenvalue weighted by molar-refractivity contribution is -0.117. The Balaban J connectivity index is 1.56. The molecule has 4 rings (SSSR count). The zero-order valence-corrected chi connectivity index (χ0v) is 23.0. The van der Waals surface area contributed by atoms with Crippen LogP contribution in [0.25, 0.3) is 0 Å². The van der Waals surface area contributed by atoms with Gasteiger partial charge in [0, 0.05) is 25.7 Å². The molecule has 12 heteroatoms. The van der Waals surface area contributed by atoms with Crippen LogP contribution in [0.4, 0.5) is 25.8 Å². The summed E-state index contributed by atoms with van der Waals surface area (Å²) in [5, 5.41) is 5.84. The molecule has 0 saturated heterocycles. The second-order valence-electron chi connectivity index (χ2n) is 8.36. The molecule has 1 saturated carbocycles. The van der Waals surface area contributed by atoms with Gasteiger partial charge < -0.3 is 15.5 Å². The molecule has 5 nitrogen and oxygen atoms in total. The van der Waals surface area contributed by atoms with Crippen molar-refractivity contribution in [1.29, 1.82) is 0 Å². The van der Waals surface area contributed by atoms with Crippen molar-refractivity contribution in [2.24, 2.45) is 5.92 Å². The van der Waals surface area contributed by atoms with Crippen LogP contribution >= 0.6 is 58.0 Å². The van der Waals surface area contributed by atoms with Gasteiger partial charge in [0.25, 0.3) is 5.91 Å². The largest absolute Gasteiger partial charge is 0.383 e. The predicted molar refractivity (Wildman–Crippen MR) is 146 cm³/mol. The van der Waals surface area contributed by atoms with Gasteiger partial charge in [-0.15, -0.1) is 23.2 Å². The molecule has 1 aliphatic carbocycles. The highest BCUT2D eigenvalue weighted by Crippen LogP contribution is 2.65. The van der Waals surface area contributed by atoms with Crippen molar-refractivity contribution in [2.45, 2.75) is 10.3 Å². The Bertz CT molecular complexity index is 1420. The molecule has 37 heavy (non-hydrogen) atoms. The number of nitrogens with one attached hydrogen (secondary N) is 2. The van der Waals surface area contributed by atoms with Gasteiger partial charge in [0.15, 0.2) is 5.82 Å². The highest BCUT2D eigenvalue weighted by Gasteiger charge is 2.67. The van der Waals surface area contributed by atoms with E-state index in [0.717, 1.165) is 17.0 Å². The van der Waals surface area contributed by atoms with E-state index in [2.05, 4.69) is 10.6 Å². The number of carbonyl (C=O) groups is 2. The molecule has 0 heterocycles. The average Bonchev–Trinajstić information content (AvgIpc) is 3.43. The molecule has 0 aromatic heterocycles. The van der Waals surface area contributed by atoms with Crippen molar-refractivity contribution in [2.75, 3.05) is 29.6 Å². The van der Waals surface area contributed by atoms with E-state index in [1.165, 1.54) is 32.3 Å². The van der Waals surface area contributed by atoms with Crippen molar-refractivity contribution in [1.82, 2.24) is 0 Å². The third-order valence-corrected chi connectivity index (χ3v) is 8.10. The third-order valence-electron chi connectivity index (χ3n) is 6.09. The molecular formula is C25H18Cl5F2N3O2. The summed E-state index contributed by atoms with van der Waals surface area (Å²) in [6, 6.07) is 11.3. The van der Waals surface area contributed by atoms with Gasteiger partial charge in [-0.25, -0.2) is 8.78 Å². The highest BCUT2D eigenvalue weighted by atomic mass is 35.5. The van der Waals surface area contributed by atoms with E-state index in [9.17, 15) is 18.4 Å². The van der Waals surface area contributed by atoms with Crippen LogP contribution in [0.5, 0.6) is 0 Å². The molecule has 2 amide bonds. The smallest absolute Gasteiger partial charge is 0.259 e. The fraction of sp³-hybridized carbons (Fsp3) is 0.200. The molecule has 0 radical (unpaired) electrons. The van der Waals surface area contributed by atoms with E-state index in [4.69, 9.17) is 58.0 Å². The van der Waals surface area contributed by atoms with Crippen LogP contribution in [0.2, 0.25) is 15.1 Å². The minimum absolute atomic E-state index is 0.0171. The number of amides is 2. The maximum absolute atomic E-state index is 14.8. The van der Waals surface area contributed by atoms with Crippen LogP contribution in [0.1, 0.15) is 21.8 Å². The fourth-order valence-electron chi connectivity index (χ4n) is 4.08. The molecule has 2 N–H and O–H groups in total. The highest BCUT2D eigenvalue weighted by molar-refractivity contribution is 6.53. The van der Waals surface area contributed by atoms with E-state index in [0.29, 0.717) is 15.6 Å². The molecular weight excluding hydrogens is 590 g/mol. The summed E-state index contributed by atoms with van der Waals surface area (Å²) < 4.78 is 27.3. The van der Waals surface area contributed by atoms with Crippen LogP contribution < -0.4 is 15.5 Å². The van der Waals surface area contributed by atoms with Crippen molar-refractivity contribution < 1.29 is 18.4 Å². The van der Waals surface area contributed by atoms with Crippen LogP contribution in [0.15, 0.2) is 48.5 Å². The molecule has 0 spiro atoms.